The number of allylic oxidation sites excluding steroid dienone is 2. The van der Waals surface area contributed by atoms with Gasteiger partial charge in [0.15, 0.2) is 0 Å². The maximum absolute atomic E-state index is 12.2. The maximum Gasteiger partial charge on any atom is 0.250 e. The Hall–Kier alpha value is -1.17. The van der Waals surface area contributed by atoms with E-state index in [4.69, 9.17) is 14.3 Å². The molecular weight excluding hydrogens is 234 g/mol. The highest BCUT2D eigenvalue weighted by Gasteiger charge is 2.62. The zero-order valence-corrected chi connectivity index (χ0v) is 11.2. The Morgan fingerprint density at radius 2 is 1.83 bits per heavy atom. The summed E-state index contributed by atoms with van der Waals surface area (Å²) in [6, 6.07) is 0. The SMILES string of the molecule is CON1C(=O)[C@@H](C)CC12C=CC=CC2(OC)OC. The smallest absolute Gasteiger partial charge is 0.250 e. The first-order chi connectivity index (χ1) is 8.57. The van der Waals surface area contributed by atoms with Crippen LogP contribution in [0, 0.1) is 5.92 Å². The van der Waals surface area contributed by atoms with Crippen molar-refractivity contribution in [1.82, 2.24) is 5.06 Å². The molecule has 100 valence electrons. The van der Waals surface area contributed by atoms with E-state index >= 15 is 0 Å². The molecule has 0 saturated carbocycles. The fourth-order valence-corrected chi connectivity index (χ4v) is 2.94. The minimum atomic E-state index is -1.02. The van der Waals surface area contributed by atoms with Crippen molar-refractivity contribution in [2.24, 2.45) is 5.92 Å². The molecule has 0 aromatic heterocycles. The number of hydrogen-bond acceptors (Lipinski definition) is 4. The van der Waals surface area contributed by atoms with E-state index in [2.05, 4.69) is 0 Å². The first kappa shape index (κ1) is 13.3. The van der Waals surface area contributed by atoms with E-state index in [0.29, 0.717) is 6.42 Å². The van der Waals surface area contributed by atoms with Gasteiger partial charge < -0.3 is 9.47 Å². The van der Waals surface area contributed by atoms with Crippen LogP contribution < -0.4 is 0 Å². The largest absolute Gasteiger partial charge is 0.348 e. The second-order valence-electron chi connectivity index (χ2n) is 4.64. The number of hydrogen-bond donors (Lipinski definition) is 0. The van der Waals surface area contributed by atoms with Gasteiger partial charge in [-0.05, 0) is 12.5 Å². The third-order valence-corrected chi connectivity index (χ3v) is 3.79. The van der Waals surface area contributed by atoms with Gasteiger partial charge in [-0.2, -0.15) is 0 Å². The van der Waals surface area contributed by atoms with E-state index in [9.17, 15) is 4.79 Å². The molecule has 1 aliphatic carbocycles. The molecule has 0 N–H and O–H groups in total. The summed E-state index contributed by atoms with van der Waals surface area (Å²) < 4.78 is 11.1. The van der Waals surface area contributed by atoms with Crippen molar-refractivity contribution in [3.63, 3.8) is 0 Å². The fourth-order valence-electron chi connectivity index (χ4n) is 2.94. The molecule has 2 atom stereocenters. The van der Waals surface area contributed by atoms with Crippen LogP contribution in [0.15, 0.2) is 24.3 Å². The Kier molecular flexibility index (Phi) is 3.31. The van der Waals surface area contributed by atoms with Crippen LogP contribution in [0.25, 0.3) is 0 Å². The molecule has 1 spiro atoms. The van der Waals surface area contributed by atoms with Gasteiger partial charge in [-0.3, -0.25) is 9.63 Å². The van der Waals surface area contributed by atoms with Crippen molar-refractivity contribution in [1.29, 1.82) is 0 Å². The number of carbonyl (C=O) groups is 1. The molecule has 2 rings (SSSR count). The first-order valence-corrected chi connectivity index (χ1v) is 5.92. The molecule has 1 saturated heterocycles. The highest BCUT2D eigenvalue weighted by Crippen LogP contribution is 2.47. The van der Waals surface area contributed by atoms with Crippen LogP contribution >= 0.6 is 0 Å². The standard InChI is InChI=1S/C13H19NO4/c1-10-9-12(14(18-4)11(10)15)7-5-6-8-13(12,16-2)17-3/h5-8,10H,9H2,1-4H3/t10-,12?/m0/s1. The molecule has 2 aliphatic rings. The molecule has 1 amide bonds. The van der Waals surface area contributed by atoms with Gasteiger partial charge in [-0.1, -0.05) is 25.2 Å². The maximum atomic E-state index is 12.2. The summed E-state index contributed by atoms with van der Waals surface area (Å²) >= 11 is 0. The summed E-state index contributed by atoms with van der Waals surface area (Å²) in [6.45, 7) is 1.88. The van der Waals surface area contributed by atoms with Crippen molar-refractivity contribution in [3.05, 3.63) is 24.3 Å². The van der Waals surface area contributed by atoms with Crippen LogP contribution in [0.1, 0.15) is 13.3 Å². The highest BCUT2D eigenvalue weighted by atomic mass is 16.7. The van der Waals surface area contributed by atoms with E-state index < -0.39 is 11.3 Å². The molecule has 0 aromatic carbocycles. The Bertz CT molecular complexity index is 400. The molecule has 5 heteroatoms. The highest BCUT2D eigenvalue weighted by molar-refractivity contribution is 5.82. The zero-order valence-electron chi connectivity index (χ0n) is 11.2. The van der Waals surface area contributed by atoms with Gasteiger partial charge in [0.25, 0.3) is 0 Å². The summed E-state index contributed by atoms with van der Waals surface area (Å²) in [7, 11) is 4.62. The summed E-state index contributed by atoms with van der Waals surface area (Å²) in [6.07, 6.45) is 8.03. The Morgan fingerprint density at radius 3 is 2.39 bits per heavy atom. The first-order valence-electron chi connectivity index (χ1n) is 5.92. The van der Waals surface area contributed by atoms with E-state index in [-0.39, 0.29) is 11.8 Å². The third-order valence-electron chi connectivity index (χ3n) is 3.79. The molecule has 0 radical (unpaired) electrons. The summed E-state index contributed by atoms with van der Waals surface area (Å²) in [5.74, 6) is -1.21. The average molecular weight is 253 g/mol. The predicted octanol–water partition coefficient (Wildman–Crippen LogP) is 1.27. The van der Waals surface area contributed by atoms with Crippen molar-refractivity contribution in [2.75, 3.05) is 21.3 Å². The van der Waals surface area contributed by atoms with Gasteiger partial charge in [0.05, 0.1) is 7.11 Å². The molecule has 1 aliphatic heterocycles. The van der Waals surface area contributed by atoms with Crippen molar-refractivity contribution in [3.8, 4) is 0 Å². The number of methoxy groups -OCH3 is 2. The molecule has 0 aromatic rings. The summed E-state index contributed by atoms with van der Waals surface area (Å²) in [5.41, 5.74) is -0.753. The molecule has 1 heterocycles. The van der Waals surface area contributed by atoms with Crippen LogP contribution in [0.5, 0.6) is 0 Å². The lowest BCUT2D eigenvalue weighted by molar-refractivity contribution is -0.282. The van der Waals surface area contributed by atoms with E-state index in [1.54, 1.807) is 14.2 Å². The molecular formula is C13H19NO4. The number of ether oxygens (including phenoxy) is 2. The number of carbonyl (C=O) groups excluding carboxylic acids is 1. The normalized spacial score (nSPS) is 33.7. The van der Waals surface area contributed by atoms with E-state index in [1.165, 1.54) is 12.2 Å². The lowest BCUT2D eigenvalue weighted by atomic mass is 9.81. The number of nitrogens with zero attached hydrogens (tertiary/aromatic N) is 1. The summed E-state index contributed by atoms with van der Waals surface area (Å²) in [4.78, 5) is 17.4. The van der Waals surface area contributed by atoms with E-state index in [0.717, 1.165) is 0 Å². The zero-order chi connectivity index (χ0) is 13.4. The monoisotopic (exact) mass is 253 g/mol. The lowest BCUT2D eigenvalue weighted by Crippen LogP contribution is -2.62. The minimum Gasteiger partial charge on any atom is -0.348 e. The molecule has 0 bridgehead atoms. The van der Waals surface area contributed by atoms with Gasteiger partial charge in [-0.15, -0.1) is 0 Å². The Labute approximate surface area is 107 Å². The van der Waals surface area contributed by atoms with Gasteiger partial charge in [0.1, 0.15) is 5.54 Å². The van der Waals surface area contributed by atoms with Gasteiger partial charge in [0.2, 0.25) is 11.7 Å². The quantitative estimate of drug-likeness (QED) is 0.711. The number of rotatable bonds is 3. The minimum absolute atomic E-state index is 0.0593. The third kappa shape index (κ3) is 1.48. The van der Waals surface area contributed by atoms with Crippen LogP contribution in [0.4, 0.5) is 0 Å². The Morgan fingerprint density at radius 1 is 1.22 bits per heavy atom. The van der Waals surface area contributed by atoms with Gasteiger partial charge in [0, 0.05) is 20.1 Å². The average Bonchev–Trinajstić information content (AvgIpc) is 2.63. The van der Waals surface area contributed by atoms with Crippen molar-refractivity contribution >= 4 is 5.91 Å². The van der Waals surface area contributed by atoms with E-state index in [1.807, 2.05) is 31.2 Å². The van der Waals surface area contributed by atoms with Crippen LogP contribution in [0.3, 0.4) is 0 Å². The predicted molar refractivity (Wildman–Crippen MR) is 65.4 cm³/mol. The van der Waals surface area contributed by atoms with Gasteiger partial charge >= 0.3 is 0 Å². The topological polar surface area (TPSA) is 48.0 Å². The fraction of sp³-hybridized carbons (Fsp3) is 0.615. The molecule has 5 nitrogen and oxygen atoms in total. The van der Waals surface area contributed by atoms with Crippen LogP contribution in [-0.4, -0.2) is 43.6 Å². The molecule has 18 heavy (non-hydrogen) atoms. The van der Waals surface area contributed by atoms with Crippen molar-refractivity contribution < 1.29 is 19.1 Å². The Balaban J connectivity index is 2.54. The second kappa shape index (κ2) is 4.50. The summed E-state index contributed by atoms with van der Waals surface area (Å²) in [5, 5.41) is 1.37. The second-order valence-corrected chi connectivity index (χ2v) is 4.64. The van der Waals surface area contributed by atoms with Gasteiger partial charge in [-0.25, -0.2) is 5.06 Å². The lowest BCUT2D eigenvalue weighted by Gasteiger charge is -2.47. The van der Waals surface area contributed by atoms with Crippen LogP contribution in [-0.2, 0) is 19.1 Å². The number of hydroxylamine groups is 2. The molecule has 1 fully saturated rings. The van der Waals surface area contributed by atoms with Crippen LogP contribution in [0.2, 0.25) is 0 Å². The van der Waals surface area contributed by atoms with Crippen molar-refractivity contribution in [2.45, 2.75) is 24.7 Å². The molecule has 1 unspecified atom stereocenters. The number of amides is 1.